The van der Waals surface area contributed by atoms with E-state index in [4.69, 9.17) is 0 Å². The van der Waals surface area contributed by atoms with Crippen LogP contribution in [-0.2, 0) is 13.2 Å². The molecule has 36 heavy (non-hydrogen) atoms. The van der Waals surface area contributed by atoms with Gasteiger partial charge in [-0.15, -0.1) is 0 Å². The van der Waals surface area contributed by atoms with Crippen LogP contribution in [0.25, 0.3) is 65.4 Å². The van der Waals surface area contributed by atoms with E-state index >= 15 is 0 Å². The first kappa shape index (κ1) is 19.8. The van der Waals surface area contributed by atoms with Gasteiger partial charge in [0.15, 0.2) is 0 Å². The molecule has 3 nitrogen and oxygen atoms in total. The van der Waals surface area contributed by atoms with Gasteiger partial charge in [-0.1, -0.05) is 72.8 Å². The smallest absolute Gasteiger partial charge is 0.100 e. The summed E-state index contributed by atoms with van der Waals surface area (Å²) in [6, 6.07) is 40.0. The molecule has 0 saturated carbocycles. The molecule has 3 aromatic heterocycles. The highest BCUT2D eigenvalue weighted by molar-refractivity contribution is 6.18. The van der Waals surface area contributed by atoms with Gasteiger partial charge >= 0.3 is 0 Å². The molecule has 0 aliphatic rings. The molecule has 0 bridgehead atoms. The van der Waals surface area contributed by atoms with Crippen LogP contribution in [0.5, 0.6) is 0 Å². The molecular formula is C33H25N3. The molecule has 5 aromatic carbocycles. The van der Waals surface area contributed by atoms with Crippen molar-refractivity contribution in [1.29, 1.82) is 0 Å². The Labute approximate surface area is 208 Å². The highest BCUT2D eigenvalue weighted by Gasteiger charge is 2.17. The maximum atomic E-state index is 2.50. The number of fused-ring (bicyclic) bond motifs is 9. The van der Waals surface area contributed by atoms with Crippen molar-refractivity contribution in [1.82, 2.24) is 13.7 Å². The normalized spacial score (nSPS) is 12.2. The number of hydrogen-bond donors (Lipinski definition) is 0. The largest absolute Gasteiger partial charge is 0.341 e. The number of aryl methyl sites for hydroxylation is 1. The van der Waals surface area contributed by atoms with E-state index in [1.54, 1.807) is 0 Å². The van der Waals surface area contributed by atoms with Gasteiger partial charge in [-0.05, 0) is 43.3 Å². The van der Waals surface area contributed by atoms with Crippen molar-refractivity contribution in [2.24, 2.45) is 0 Å². The van der Waals surface area contributed by atoms with E-state index in [1.807, 2.05) is 0 Å². The number of benzene rings is 5. The van der Waals surface area contributed by atoms with E-state index in [1.165, 1.54) is 65.4 Å². The van der Waals surface area contributed by atoms with E-state index in [-0.39, 0.29) is 0 Å². The summed E-state index contributed by atoms with van der Waals surface area (Å²) in [4.78, 5) is 0. The standard InChI is InChI=1S/C33H25N3/c1-2-34-28-15-7-5-13-24(28)26-20-33-27(19-32(26)34)25-14-6-10-18-31(25)36(33)21-35-29-16-8-3-11-22(29)23-12-4-9-17-30(23)35/h3-20H,2,21H2,1H3. The molecule has 0 atom stereocenters. The van der Waals surface area contributed by atoms with Crippen molar-refractivity contribution < 1.29 is 0 Å². The summed E-state index contributed by atoms with van der Waals surface area (Å²) in [6.07, 6.45) is 0. The summed E-state index contributed by atoms with van der Waals surface area (Å²) in [5.41, 5.74) is 7.72. The van der Waals surface area contributed by atoms with Crippen LogP contribution in [0.1, 0.15) is 6.92 Å². The molecule has 3 heterocycles. The average molecular weight is 464 g/mol. The summed E-state index contributed by atoms with van der Waals surface area (Å²) < 4.78 is 7.42. The maximum absolute atomic E-state index is 2.50. The van der Waals surface area contributed by atoms with Gasteiger partial charge in [-0.3, -0.25) is 0 Å². The molecule has 8 rings (SSSR count). The molecule has 0 unspecified atom stereocenters. The van der Waals surface area contributed by atoms with Gasteiger partial charge in [0.2, 0.25) is 0 Å². The SMILES string of the molecule is CCn1c2ccccc2c2cc3c(cc21)c1ccccc1n3Cn1c2ccccc2c2ccccc21. The first-order chi connectivity index (χ1) is 17.8. The highest BCUT2D eigenvalue weighted by atomic mass is 15.2. The zero-order chi connectivity index (χ0) is 23.8. The predicted octanol–water partition coefficient (Wildman–Crippen LogP) is 8.54. The van der Waals surface area contributed by atoms with E-state index in [2.05, 4.69) is 130 Å². The van der Waals surface area contributed by atoms with Crippen LogP contribution >= 0.6 is 0 Å². The van der Waals surface area contributed by atoms with E-state index in [9.17, 15) is 0 Å². The van der Waals surface area contributed by atoms with Gasteiger partial charge in [-0.2, -0.15) is 0 Å². The molecule has 0 spiro atoms. The van der Waals surface area contributed by atoms with Crippen molar-refractivity contribution in [3.63, 3.8) is 0 Å². The molecule has 3 heteroatoms. The molecule has 0 N–H and O–H groups in total. The van der Waals surface area contributed by atoms with E-state index in [0.29, 0.717) is 0 Å². The molecule has 0 radical (unpaired) electrons. The Morgan fingerprint density at radius 2 is 0.722 bits per heavy atom. The molecule has 0 amide bonds. The van der Waals surface area contributed by atoms with Crippen LogP contribution in [0.3, 0.4) is 0 Å². The first-order valence-corrected chi connectivity index (χ1v) is 12.7. The lowest BCUT2D eigenvalue weighted by atomic mass is 10.1. The van der Waals surface area contributed by atoms with Crippen LogP contribution < -0.4 is 0 Å². The Morgan fingerprint density at radius 3 is 1.17 bits per heavy atom. The van der Waals surface area contributed by atoms with Crippen molar-refractivity contribution in [3.8, 4) is 0 Å². The second-order valence-electron chi connectivity index (χ2n) is 9.70. The minimum Gasteiger partial charge on any atom is -0.341 e. The Balaban J connectivity index is 1.49. The van der Waals surface area contributed by atoms with Gasteiger partial charge in [-0.25, -0.2) is 0 Å². The van der Waals surface area contributed by atoms with Crippen LogP contribution in [0.4, 0.5) is 0 Å². The molecule has 0 fully saturated rings. The first-order valence-electron chi connectivity index (χ1n) is 12.7. The predicted molar refractivity (Wildman–Crippen MR) is 153 cm³/mol. The van der Waals surface area contributed by atoms with Crippen LogP contribution in [-0.4, -0.2) is 13.7 Å². The third-order valence-corrected chi connectivity index (χ3v) is 7.94. The van der Waals surface area contributed by atoms with Crippen molar-refractivity contribution in [2.45, 2.75) is 20.1 Å². The molecule has 0 aliphatic heterocycles. The monoisotopic (exact) mass is 463 g/mol. The van der Waals surface area contributed by atoms with Gasteiger partial charge in [0, 0.05) is 49.9 Å². The average Bonchev–Trinajstić information content (AvgIpc) is 3.54. The fourth-order valence-corrected chi connectivity index (χ4v) is 6.38. The van der Waals surface area contributed by atoms with Gasteiger partial charge in [0.25, 0.3) is 0 Å². The quantitative estimate of drug-likeness (QED) is 0.249. The summed E-state index contributed by atoms with van der Waals surface area (Å²) in [6.45, 7) is 3.95. The molecule has 0 saturated heterocycles. The zero-order valence-corrected chi connectivity index (χ0v) is 20.1. The summed E-state index contributed by atoms with van der Waals surface area (Å²) in [5, 5.41) is 7.89. The summed E-state index contributed by atoms with van der Waals surface area (Å²) in [7, 11) is 0. The van der Waals surface area contributed by atoms with Gasteiger partial charge < -0.3 is 13.7 Å². The lowest BCUT2D eigenvalue weighted by molar-refractivity contribution is 0.682. The van der Waals surface area contributed by atoms with Crippen LogP contribution in [0, 0.1) is 0 Å². The zero-order valence-electron chi connectivity index (χ0n) is 20.1. The van der Waals surface area contributed by atoms with E-state index in [0.717, 1.165) is 13.2 Å². The van der Waals surface area contributed by atoms with Crippen LogP contribution in [0.15, 0.2) is 109 Å². The van der Waals surface area contributed by atoms with Crippen molar-refractivity contribution >= 4 is 65.4 Å². The molecule has 8 aromatic rings. The second-order valence-corrected chi connectivity index (χ2v) is 9.70. The summed E-state index contributed by atoms with van der Waals surface area (Å²) in [5.74, 6) is 0. The third-order valence-electron chi connectivity index (χ3n) is 7.94. The lowest BCUT2D eigenvalue weighted by Crippen LogP contribution is -2.07. The Kier molecular flexibility index (Phi) is 3.98. The number of rotatable bonds is 3. The molecule has 0 aliphatic carbocycles. The van der Waals surface area contributed by atoms with Gasteiger partial charge in [0.1, 0.15) is 6.67 Å². The number of hydrogen-bond acceptors (Lipinski definition) is 0. The Hall–Kier alpha value is -4.50. The molecule has 172 valence electrons. The van der Waals surface area contributed by atoms with Gasteiger partial charge in [0.05, 0.1) is 22.1 Å². The number of para-hydroxylation sites is 4. The fraction of sp³-hybridized carbons (Fsp3) is 0.0909. The summed E-state index contributed by atoms with van der Waals surface area (Å²) >= 11 is 0. The minimum atomic E-state index is 0.760. The van der Waals surface area contributed by atoms with Crippen LogP contribution in [0.2, 0.25) is 0 Å². The number of nitrogens with zero attached hydrogens (tertiary/aromatic N) is 3. The fourth-order valence-electron chi connectivity index (χ4n) is 6.38. The minimum absolute atomic E-state index is 0.760. The Morgan fingerprint density at radius 1 is 0.389 bits per heavy atom. The van der Waals surface area contributed by atoms with E-state index < -0.39 is 0 Å². The second kappa shape index (κ2) is 7.25. The van der Waals surface area contributed by atoms with Crippen molar-refractivity contribution in [2.75, 3.05) is 0 Å². The maximum Gasteiger partial charge on any atom is 0.100 e. The third kappa shape index (κ3) is 2.52. The van der Waals surface area contributed by atoms with Crippen molar-refractivity contribution in [3.05, 3.63) is 109 Å². The lowest BCUT2D eigenvalue weighted by Gasteiger charge is -2.12. The highest BCUT2D eigenvalue weighted by Crippen LogP contribution is 2.38. The topological polar surface area (TPSA) is 14.8 Å². The number of aromatic nitrogens is 3. The molecular weight excluding hydrogens is 438 g/mol. The Bertz CT molecular complexity index is 2060.